The van der Waals surface area contributed by atoms with Crippen LogP contribution in [0.4, 0.5) is 5.69 Å². The molecule has 0 bridgehead atoms. The summed E-state index contributed by atoms with van der Waals surface area (Å²) in [5.74, 6) is 0.558. The van der Waals surface area contributed by atoms with Crippen LogP contribution in [-0.2, 0) is 4.79 Å². The lowest BCUT2D eigenvalue weighted by atomic mass is 10.0. The van der Waals surface area contributed by atoms with Gasteiger partial charge in [0.1, 0.15) is 12.0 Å². The minimum Gasteiger partial charge on any atom is -0.388 e. The highest BCUT2D eigenvalue weighted by Gasteiger charge is 2.05. The number of allylic oxidation sites excluding steroid dienone is 1. The SMILES string of the molecule is C=CC=O.CN.CNc1cccc2ccc(-c3nccc(C=O)n3)cc12. The van der Waals surface area contributed by atoms with Gasteiger partial charge in [0.25, 0.3) is 0 Å². The Hall–Kier alpha value is -3.38. The van der Waals surface area contributed by atoms with Crippen LogP contribution in [0.15, 0.2) is 61.3 Å². The fourth-order valence-corrected chi connectivity index (χ4v) is 2.21. The number of benzene rings is 2. The van der Waals surface area contributed by atoms with E-state index < -0.39 is 0 Å². The monoisotopic (exact) mass is 350 g/mol. The van der Waals surface area contributed by atoms with Gasteiger partial charge < -0.3 is 11.1 Å². The lowest BCUT2D eigenvalue weighted by molar-refractivity contribution is -0.104. The lowest BCUT2D eigenvalue weighted by Gasteiger charge is -2.08. The lowest BCUT2D eigenvalue weighted by Crippen LogP contribution is -1.94. The van der Waals surface area contributed by atoms with Gasteiger partial charge in [-0.1, -0.05) is 30.8 Å². The van der Waals surface area contributed by atoms with Gasteiger partial charge in [-0.15, -0.1) is 0 Å². The second-order valence-electron chi connectivity index (χ2n) is 4.79. The summed E-state index contributed by atoms with van der Waals surface area (Å²) in [6, 6.07) is 13.7. The Morgan fingerprint density at radius 2 is 1.85 bits per heavy atom. The number of hydrogen-bond acceptors (Lipinski definition) is 6. The predicted molar refractivity (Wildman–Crippen MR) is 106 cm³/mol. The first-order valence-electron chi connectivity index (χ1n) is 7.86. The molecule has 0 unspecified atom stereocenters. The van der Waals surface area contributed by atoms with Gasteiger partial charge in [-0.05, 0) is 36.7 Å². The van der Waals surface area contributed by atoms with E-state index in [4.69, 9.17) is 4.79 Å². The van der Waals surface area contributed by atoms with Crippen LogP contribution >= 0.6 is 0 Å². The number of nitrogens with zero attached hydrogens (tertiary/aromatic N) is 2. The Kier molecular flexibility index (Phi) is 8.92. The maximum Gasteiger partial charge on any atom is 0.168 e. The first kappa shape index (κ1) is 20.7. The van der Waals surface area contributed by atoms with E-state index in [-0.39, 0.29) is 0 Å². The van der Waals surface area contributed by atoms with Gasteiger partial charge in [0.05, 0.1) is 0 Å². The van der Waals surface area contributed by atoms with E-state index in [0.717, 1.165) is 28.3 Å². The largest absolute Gasteiger partial charge is 0.388 e. The summed E-state index contributed by atoms with van der Waals surface area (Å²) in [5.41, 5.74) is 6.83. The molecule has 0 saturated carbocycles. The Morgan fingerprint density at radius 3 is 2.46 bits per heavy atom. The molecule has 0 aliphatic carbocycles. The number of rotatable bonds is 4. The summed E-state index contributed by atoms with van der Waals surface area (Å²) in [4.78, 5) is 28.3. The van der Waals surface area contributed by atoms with Crippen LogP contribution < -0.4 is 11.1 Å². The first-order valence-corrected chi connectivity index (χ1v) is 7.86. The van der Waals surface area contributed by atoms with E-state index in [0.29, 0.717) is 17.8 Å². The molecule has 3 aromatic rings. The maximum absolute atomic E-state index is 10.8. The molecule has 1 heterocycles. The number of hydrogen-bond donors (Lipinski definition) is 2. The average Bonchev–Trinajstić information content (AvgIpc) is 2.74. The maximum atomic E-state index is 10.8. The molecule has 0 spiro atoms. The molecule has 2 aromatic carbocycles. The van der Waals surface area contributed by atoms with Crippen molar-refractivity contribution < 1.29 is 9.59 Å². The summed E-state index contributed by atoms with van der Waals surface area (Å²) < 4.78 is 0. The zero-order valence-electron chi connectivity index (χ0n) is 14.8. The number of nitrogens with one attached hydrogen (secondary N) is 1. The molecule has 134 valence electrons. The fraction of sp³-hybridized carbons (Fsp3) is 0.100. The van der Waals surface area contributed by atoms with Gasteiger partial charge in [0, 0.05) is 29.9 Å². The number of carbonyl (C=O) groups excluding carboxylic acids is 2. The molecular formula is C20H22N4O2. The van der Waals surface area contributed by atoms with Gasteiger partial charge in [-0.25, -0.2) is 9.97 Å². The fourth-order valence-electron chi connectivity index (χ4n) is 2.21. The normalized spacial score (nSPS) is 9.04. The van der Waals surface area contributed by atoms with Crippen LogP contribution in [-0.4, -0.2) is 36.6 Å². The van der Waals surface area contributed by atoms with Crippen molar-refractivity contribution >= 4 is 29.0 Å². The molecular weight excluding hydrogens is 328 g/mol. The number of anilines is 1. The predicted octanol–water partition coefficient (Wildman–Crippen LogP) is 3.10. The summed E-state index contributed by atoms with van der Waals surface area (Å²) in [6.07, 6.45) is 4.16. The van der Waals surface area contributed by atoms with Gasteiger partial charge >= 0.3 is 0 Å². The summed E-state index contributed by atoms with van der Waals surface area (Å²) in [7, 11) is 3.39. The number of aldehydes is 2. The molecule has 3 N–H and O–H groups in total. The molecule has 6 nitrogen and oxygen atoms in total. The smallest absolute Gasteiger partial charge is 0.168 e. The van der Waals surface area contributed by atoms with Crippen molar-refractivity contribution in [1.29, 1.82) is 0 Å². The molecule has 0 atom stereocenters. The van der Waals surface area contributed by atoms with Gasteiger partial charge in [-0.2, -0.15) is 0 Å². The highest BCUT2D eigenvalue weighted by molar-refractivity contribution is 5.96. The van der Waals surface area contributed by atoms with Gasteiger partial charge in [-0.3, -0.25) is 9.59 Å². The number of carbonyl (C=O) groups is 2. The van der Waals surface area contributed by atoms with Crippen LogP contribution in [0.5, 0.6) is 0 Å². The van der Waals surface area contributed by atoms with Crippen molar-refractivity contribution in [3.8, 4) is 11.4 Å². The Bertz CT molecular complexity index is 873. The van der Waals surface area contributed by atoms with Gasteiger partial charge in [0.2, 0.25) is 0 Å². The zero-order valence-corrected chi connectivity index (χ0v) is 14.8. The highest BCUT2D eigenvalue weighted by atomic mass is 16.1. The summed E-state index contributed by atoms with van der Waals surface area (Å²) >= 11 is 0. The average molecular weight is 350 g/mol. The molecule has 6 heteroatoms. The highest BCUT2D eigenvalue weighted by Crippen LogP contribution is 2.27. The molecule has 0 aliphatic heterocycles. The van der Waals surface area contributed by atoms with E-state index >= 15 is 0 Å². The molecule has 0 aliphatic rings. The molecule has 0 saturated heterocycles. The summed E-state index contributed by atoms with van der Waals surface area (Å²) in [5, 5.41) is 5.42. The minimum atomic E-state index is 0.386. The number of aromatic nitrogens is 2. The second kappa shape index (κ2) is 11.2. The second-order valence-corrected chi connectivity index (χ2v) is 4.79. The van der Waals surface area contributed by atoms with Crippen molar-refractivity contribution in [1.82, 2.24) is 9.97 Å². The zero-order chi connectivity index (χ0) is 19.4. The molecule has 3 rings (SSSR count). The Morgan fingerprint density at radius 1 is 1.12 bits per heavy atom. The van der Waals surface area contributed by atoms with Crippen LogP contribution in [0.25, 0.3) is 22.2 Å². The molecule has 0 amide bonds. The Balaban J connectivity index is 0.000000500. The van der Waals surface area contributed by atoms with Crippen molar-refractivity contribution in [2.75, 3.05) is 19.4 Å². The van der Waals surface area contributed by atoms with Crippen molar-refractivity contribution in [3.63, 3.8) is 0 Å². The van der Waals surface area contributed by atoms with E-state index in [1.54, 1.807) is 12.3 Å². The molecule has 1 aromatic heterocycles. The van der Waals surface area contributed by atoms with E-state index in [9.17, 15) is 4.79 Å². The quantitative estimate of drug-likeness (QED) is 0.554. The van der Waals surface area contributed by atoms with E-state index in [1.807, 2.05) is 37.4 Å². The van der Waals surface area contributed by atoms with Crippen molar-refractivity contribution in [2.24, 2.45) is 5.73 Å². The van der Waals surface area contributed by atoms with Crippen LogP contribution in [0.2, 0.25) is 0 Å². The molecule has 26 heavy (non-hydrogen) atoms. The third-order valence-corrected chi connectivity index (χ3v) is 3.30. The van der Waals surface area contributed by atoms with Crippen LogP contribution in [0.1, 0.15) is 10.5 Å². The third-order valence-electron chi connectivity index (χ3n) is 3.30. The standard InChI is InChI=1S/C16H13N3O.C3H4O.CH5N/c1-17-15-4-2-3-11-5-6-12(9-14(11)15)16-18-8-7-13(10-20)19-16;1-2-3-4;1-2/h2-10,17H,1H3;2-3H,1H2;2H2,1H3. The Labute approximate surface area is 152 Å². The van der Waals surface area contributed by atoms with Gasteiger partial charge in [0.15, 0.2) is 12.1 Å². The van der Waals surface area contributed by atoms with Crippen LogP contribution in [0.3, 0.4) is 0 Å². The van der Waals surface area contributed by atoms with Crippen molar-refractivity contribution in [3.05, 3.63) is 67.0 Å². The van der Waals surface area contributed by atoms with Crippen molar-refractivity contribution in [2.45, 2.75) is 0 Å². The number of fused-ring (bicyclic) bond motifs is 1. The van der Waals surface area contributed by atoms with E-state index in [2.05, 4.69) is 33.7 Å². The summed E-state index contributed by atoms with van der Waals surface area (Å²) in [6.45, 7) is 3.11. The number of nitrogens with two attached hydrogens (primary N) is 1. The van der Waals surface area contributed by atoms with Crippen LogP contribution in [0, 0.1) is 0 Å². The third kappa shape index (κ3) is 5.32. The van der Waals surface area contributed by atoms with E-state index in [1.165, 1.54) is 13.1 Å². The topological polar surface area (TPSA) is 98.0 Å². The molecule has 0 radical (unpaired) electrons. The molecule has 0 fully saturated rings. The first-order chi connectivity index (χ1) is 12.7. The minimum absolute atomic E-state index is 0.386.